The number of nitrogens with one attached hydrogen (secondary N) is 1. The number of nitrogens with zero attached hydrogens (tertiary/aromatic N) is 4. The lowest BCUT2D eigenvalue weighted by Gasteiger charge is -2.31. The van der Waals surface area contributed by atoms with E-state index < -0.39 is 0 Å². The third kappa shape index (κ3) is 4.08. The van der Waals surface area contributed by atoms with Gasteiger partial charge in [-0.1, -0.05) is 5.16 Å². The predicted octanol–water partition coefficient (Wildman–Crippen LogP) is 2.51. The van der Waals surface area contributed by atoms with Crippen LogP contribution >= 0.6 is 0 Å². The normalized spacial score (nSPS) is 14.7. The fourth-order valence-corrected chi connectivity index (χ4v) is 3.92. The number of hydrogen-bond donors (Lipinski definition) is 1. The number of piperidine rings is 1. The van der Waals surface area contributed by atoms with Crippen molar-refractivity contribution in [3.05, 3.63) is 51.6 Å². The lowest BCUT2D eigenvalue weighted by Crippen LogP contribution is -2.43. The molecule has 2 amide bonds. The molecule has 0 unspecified atom stereocenters. The number of aromatic nitrogens is 3. The number of likely N-dealkylation sites (tertiary alicyclic amines) is 1. The van der Waals surface area contributed by atoms with Crippen molar-refractivity contribution < 1.29 is 14.1 Å². The zero-order valence-electron chi connectivity index (χ0n) is 17.8. The van der Waals surface area contributed by atoms with Gasteiger partial charge in [-0.25, -0.2) is 4.98 Å². The summed E-state index contributed by atoms with van der Waals surface area (Å²) in [5.74, 6) is 0.342. The summed E-state index contributed by atoms with van der Waals surface area (Å²) in [5.41, 5.74) is 1.23. The Morgan fingerprint density at radius 2 is 1.97 bits per heavy atom. The third-order valence-corrected chi connectivity index (χ3v) is 5.66. The summed E-state index contributed by atoms with van der Waals surface area (Å²) in [6.45, 7) is 6.98. The van der Waals surface area contributed by atoms with Crippen LogP contribution in [0.1, 0.15) is 41.6 Å². The molecule has 0 aromatic carbocycles. The van der Waals surface area contributed by atoms with Gasteiger partial charge in [-0.3, -0.25) is 14.4 Å². The molecule has 9 nitrogen and oxygen atoms in total. The summed E-state index contributed by atoms with van der Waals surface area (Å²) < 4.78 is 6.79. The Balaban J connectivity index is 1.49. The van der Waals surface area contributed by atoms with Crippen molar-refractivity contribution in [1.82, 2.24) is 19.6 Å². The molecule has 0 spiro atoms. The minimum absolute atomic E-state index is 0.138. The molecule has 0 atom stereocenters. The quantitative estimate of drug-likeness (QED) is 0.690. The SMILES string of the molecule is CCn1cc(C(=O)N2CCC(C(=O)Nc3cc(C)on3)CC2)c(=O)c2ccc(C)nc21. The Hall–Kier alpha value is -3.49. The van der Waals surface area contributed by atoms with Gasteiger partial charge in [0.25, 0.3) is 5.91 Å². The fourth-order valence-electron chi connectivity index (χ4n) is 3.92. The molecule has 4 rings (SSSR count). The molecule has 1 aliphatic heterocycles. The van der Waals surface area contributed by atoms with E-state index in [-0.39, 0.29) is 28.7 Å². The van der Waals surface area contributed by atoms with Gasteiger partial charge in [0, 0.05) is 43.5 Å². The largest absolute Gasteiger partial charge is 0.360 e. The maximum absolute atomic E-state index is 13.1. The number of aryl methyl sites for hydroxylation is 3. The molecule has 1 saturated heterocycles. The summed E-state index contributed by atoms with van der Waals surface area (Å²) in [4.78, 5) is 44.7. The molecule has 0 aliphatic carbocycles. The molecule has 0 saturated carbocycles. The number of carbonyl (C=O) groups is 2. The van der Waals surface area contributed by atoms with Crippen LogP contribution in [-0.2, 0) is 11.3 Å². The molecule has 1 fully saturated rings. The van der Waals surface area contributed by atoms with E-state index in [1.165, 1.54) is 0 Å². The van der Waals surface area contributed by atoms with Crippen LogP contribution in [0.25, 0.3) is 11.0 Å². The van der Waals surface area contributed by atoms with Crippen LogP contribution in [0.4, 0.5) is 5.82 Å². The molecule has 0 bridgehead atoms. The maximum Gasteiger partial charge on any atom is 0.259 e. The molecule has 1 N–H and O–H groups in total. The highest BCUT2D eigenvalue weighted by molar-refractivity contribution is 5.97. The molecule has 31 heavy (non-hydrogen) atoms. The van der Waals surface area contributed by atoms with Crippen LogP contribution in [0.2, 0.25) is 0 Å². The van der Waals surface area contributed by atoms with Crippen molar-refractivity contribution >= 4 is 28.7 Å². The van der Waals surface area contributed by atoms with E-state index in [1.54, 1.807) is 36.2 Å². The fraction of sp³-hybridized carbons (Fsp3) is 0.409. The van der Waals surface area contributed by atoms with Crippen molar-refractivity contribution in [2.45, 2.75) is 40.2 Å². The summed E-state index contributed by atoms with van der Waals surface area (Å²) in [5, 5.41) is 6.97. The minimum atomic E-state index is -0.307. The molecule has 162 valence electrons. The lowest BCUT2D eigenvalue weighted by molar-refractivity contribution is -0.121. The van der Waals surface area contributed by atoms with Gasteiger partial charge >= 0.3 is 0 Å². The summed E-state index contributed by atoms with van der Waals surface area (Å²) in [7, 11) is 0. The standard InChI is InChI=1S/C22H25N5O4/c1-4-26-12-17(19(28)16-6-5-13(2)23-20(16)26)22(30)27-9-7-15(8-10-27)21(29)24-18-11-14(3)31-25-18/h5-6,11-12,15H,4,7-10H2,1-3H3,(H,24,25,29). The molecular weight excluding hydrogens is 398 g/mol. The molecule has 9 heteroatoms. The van der Waals surface area contributed by atoms with Crippen LogP contribution in [0.3, 0.4) is 0 Å². The van der Waals surface area contributed by atoms with Gasteiger partial charge in [-0.2, -0.15) is 0 Å². The Morgan fingerprint density at radius 1 is 1.23 bits per heavy atom. The van der Waals surface area contributed by atoms with E-state index in [1.807, 2.05) is 18.4 Å². The smallest absolute Gasteiger partial charge is 0.259 e. The van der Waals surface area contributed by atoms with Crippen LogP contribution in [0, 0.1) is 19.8 Å². The van der Waals surface area contributed by atoms with E-state index in [4.69, 9.17) is 4.52 Å². The molecule has 0 radical (unpaired) electrons. The van der Waals surface area contributed by atoms with Gasteiger partial charge in [-0.15, -0.1) is 0 Å². The Bertz CT molecular complexity index is 1200. The van der Waals surface area contributed by atoms with Crippen LogP contribution in [0.5, 0.6) is 0 Å². The van der Waals surface area contributed by atoms with Crippen molar-refractivity contribution in [2.24, 2.45) is 5.92 Å². The van der Waals surface area contributed by atoms with E-state index >= 15 is 0 Å². The van der Waals surface area contributed by atoms with Gasteiger partial charge in [-0.05, 0) is 45.7 Å². The second kappa shape index (κ2) is 8.33. The van der Waals surface area contributed by atoms with Crippen LogP contribution in [-0.4, -0.2) is 44.5 Å². The number of hydrogen-bond acceptors (Lipinski definition) is 6. The first-order chi connectivity index (χ1) is 14.9. The van der Waals surface area contributed by atoms with Gasteiger partial charge in [0.1, 0.15) is 17.0 Å². The third-order valence-electron chi connectivity index (χ3n) is 5.66. The summed E-state index contributed by atoms with van der Waals surface area (Å²) >= 11 is 0. The Morgan fingerprint density at radius 3 is 2.61 bits per heavy atom. The monoisotopic (exact) mass is 423 g/mol. The highest BCUT2D eigenvalue weighted by Crippen LogP contribution is 2.21. The number of amides is 2. The molecule has 3 aromatic rings. The van der Waals surface area contributed by atoms with Crippen LogP contribution in [0.15, 0.2) is 33.7 Å². The van der Waals surface area contributed by atoms with Crippen LogP contribution < -0.4 is 10.7 Å². The van der Waals surface area contributed by atoms with Gasteiger partial charge < -0.3 is 19.3 Å². The van der Waals surface area contributed by atoms with Crippen molar-refractivity contribution in [3.8, 4) is 0 Å². The first-order valence-corrected chi connectivity index (χ1v) is 10.4. The molecule has 1 aliphatic rings. The topological polar surface area (TPSA) is 110 Å². The van der Waals surface area contributed by atoms with E-state index in [9.17, 15) is 14.4 Å². The molecular formula is C22H25N5O4. The number of anilines is 1. The van der Waals surface area contributed by atoms with Gasteiger partial charge in [0.05, 0.1) is 5.39 Å². The van der Waals surface area contributed by atoms with E-state index in [2.05, 4.69) is 15.5 Å². The summed E-state index contributed by atoms with van der Waals surface area (Å²) in [6, 6.07) is 5.16. The number of rotatable bonds is 4. The minimum Gasteiger partial charge on any atom is -0.360 e. The number of fused-ring (bicyclic) bond motifs is 1. The second-order valence-corrected chi connectivity index (χ2v) is 7.86. The van der Waals surface area contributed by atoms with Crippen molar-refractivity contribution in [3.63, 3.8) is 0 Å². The molecule has 3 aromatic heterocycles. The highest BCUT2D eigenvalue weighted by Gasteiger charge is 2.29. The summed E-state index contributed by atoms with van der Waals surface area (Å²) in [6.07, 6.45) is 2.64. The highest BCUT2D eigenvalue weighted by atomic mass is 16.5. The van der Waals surface area contributed by atoms with Crippen molar-refractivity contribution in [2.75, 3.05) is 18.4 Å². The lowest BCUT2D eigenvalue weighted by atomic mass is 9.95. The Kier molecular flexibility index (Phi) is 5.58. The zero-order valence-corrected chi connectivity index (χ0v) is 17.8. The number of pyridine rings is 2. The second-order valence-electron chi connectivity index (χ2n) is 7.86. The van der Waals surface area contributed by atoms with E-state index in [0.29, 0.717) is 55.1 Å². The number of carbonyl (C=O) groups excluding carboxylic acids is 2. The van der Waals surface area contributed by atoms with Gasteiger partial charge in [0.15, 0.2) is 5.82 Å². The average Bonchev–Trinajstić information content (AvgIpc) is 3.18. The van der Waals surface area contributed by atoms with Crippen molar-refractivity contribution in [1.29, 1.82) is 0 Å². The average molecular weight is 423 g/mol. The predicted molar refractivity (Wildman–Crippen MR) is 115 cm³/mol. The zero-order chi connectivity index (χ0) is 22.1. The van der Waals surface area contributed by atoms with E-state index in [0.717, 1.165) is 5.69 Å². The first-order valence-electron chi connectivity index (χ1n) is 10.4. The van der Waals surface area contributed by atoms with Gasteiger partial charge in [0.2, 0.25) is 11.3 Å². The first kappa shape index (κ1) is 20.8. The Labute approximate surface area is 179 Å². The molecule has 4 heterocycles. The maximum atomic E-state index is 13.1.